The molecule has 1 nitrogen and oxygen atoms in total. The van der Waals surface area contributed by atoms with Crippen molar-refractivity contribution >= 4 is 12.4 Å². The first-order chi connectivity index (χ1) is 8.24. The Morgan fingerprint density at radius 3 is 2.18 bits per heavy atom. The molecule has 0 unspecified atom stereocenters. The van der Waals surface area contributed by atoms with Gasteiger partial charge in [-0.3, -0.25) is 4.79 Å². The van der Waals surface area contributed by atoms with Crippen LogP contribution in [0.15, 0.2) is 49.0 Å². The maximum Gasteiger partial charge on any atom is 0.152 e. The number of aldehydes is 1. The lowest BCUT2D eigenvalue weighted by Gasteiger charge is -2.03. The predicted octanol–water partition coefficient (Wildman–Crippen LogP) is 3.95. The molecule has 0 spiro atoms. The van der Waals surface area contributed by atoms with Gasteiger partial charge in [-0.15, -0.1) is 0 Å². The molecule has 0 saturated carbocycles. The highest BCUT2D eigenvalue weighted by Crippen LogP contribution is 2.22. The van der Waals surface area contributed by atoms with Crippen LogP contribution in [0, 0.1) is 5.82 Å². The Hall–Kier alpha value is -2.22. The average Bonchev–Trinajstić information content (AvgIpc) is 2.39. The second-order valence-corrected chi connectivity index (χ2v) is 3.68. The van der Waals surface area contributed by atoms with Crippen molar-refractivity contribution in [2.45, 2.75) is 0 Å². The van der Waals surface area contributed by atoms with Crippen molar-refractivity contribution < 1.29 is 9.18 Å². The predicted molar refractivity (Wildman–Crippen MR) is 67.3 cm³/mol. The van der Waals surface area contributed by atoms with Crippen LogP contribution in [0.5, 0.6) is 0 Å². The third-order valence-corrected chi connectivity index (χ3v) is 2.61. The summed E-state index contributed by atoms with van der Waals surface area (Å²) in [6.07, 6.45) is 2.26. The molecule has 0 saturated heterocycles. The van der Waals surface area contributed by atoms with Gasteiger partial charge in [0, 0.05) is 0 Å². The van der Waals surface area contributed by atoms with Crippen LogP contribution in [0.1, 0.15) is 15.9 Å². The van der Waals surface area contributed by atoms with E-state index >= 15 is 0 Å². The normalized spacial score (nSPS) is 9.94. The van der Waals surface area contributed by atoms with Crippen LogP contribution in [-0.2, 0) is 0 Å². The third-order valence-electron chi connectivity index (χ3n) is 2.61. The summed E-state index contributed by atoms with van der Waals surface area (Å²) < 4.78 is 13.4. The van der Waals surface area contributed by atoms with Crippen LogP contribution in [0.4, 0.5) is 4.39 Å². The summed E-state index contributed by atoms with van der Waals surface area (Å²) in [4.78, 5) is 10.5. The van der Waals surface area contributed by atoms with Crippen molar-refractivity contribution in [1.29, 1.82) is 0 Å². The maximum absolute atomic E-state index is 13.4. The van der Waals surface area contributed by atoms with E-state index in [4.69, 9.17) is 0 Å². The Balaban J connectivity index is 2.42. The van der Waals surface area contributed by atoms with Gasteiger partial charge in [0.25, 0.3) is 0 Å². The molecule has 0 aliphatic heterocycles. The van der Waals surface area contributed by atoms with Crippen LogP contribution in [0.25, 0.3) is 17.2 Å². The molecule has 2 aromatic rings. The quantitative estimate of drug-likeness (QED) is 0.724. The van der Waals surface area contributed by atoms with E-state index in [1.807, 2.05) is 24.3 Å². The molecule has 0 amide bonds. The smallest absolute Gasteiger partial charge is 0.152 e. The fraction of sp³-hybridized carbons (Fsp3) is 0. The number of carbonyl (C=O) groups is 1. The third kappa shape index (κ3) is 2.31. The SMILES string of the molecule is C=Cc1ccc(-c2ccc(C=O)c(F)c2)cc1. The van der Waals surface area contributed by atoms with E-state index in [-0.39, 0.29) is 5.56 Å². The maximum atomic E-state index is 13.4. The van der Waals surface area contributed by atoms with Crippen molar-refractivity contribution in [3.8, 4) is 11.1 Å². The van der Waals surface area contributed by atoms with Gasteiger partial charge in [0.15, 0.2) is 6.29 Å². The largest absolute Gasteiger partial charge is 0.298 e. The Morgan fingerprint density at radius 1 is 1.00 bits per heavy atom. The fourth-order valence-corrected chi connectivity index (χ4v) is 1.61. The molecular weight excluding hydrogens is 215 g/mol. The minimum absolute atomic E-state index is 0.0801. The minimum atomic E-state index is -0.495. The molecule has 0 N–H and O–H groups in total. The molecule has 0 heterocycles. The number of benzene rings is 2. The van der Waals surface area contributed by atoms with E-state index in [1.54, 1.807) is 12.1 Å². The molecule has 0 radical (unpaired) electrons. The van der Waals surface area contributed by atoms with Crippen LogP contribution < -0.4 is 0 Å². The van der Waals surface area contributed by atoms with E-state index in [0.29, 0.717) is 6.29 Å². The standard InChI is InChI=1S/C15H11FO/c1-2-11-3-5-12(6-4-11)13-7-8-14(10-17)15(16)9-13/h2-10H,1H2. The second-order valence-electron chi connectivity index (χ2n) is 3.68. The summed E-state index contributed by atoms with van der Waals surface area (Å²) in [6, 6.07) is 12.2. The Bertz CT molecular complexity index is 556. The number of hydrogen-bond donors (Lipinski definition) is 0. The van der Waals surface area contributed by atoms with Crippen molar-refractivity contribution in [2.24, 2.45) is 0 Å². The van der Waals surface area contributed by atoms with Gasteiger partial charge in [0.2, 0.25) is 0 Å². The summed E-state index contributed by atoms with van der Waals surface area (Å²) >= 11 is 0. The van der Waals surface area contributed by atoms with E-state index in [9.17, 15) is 9.18 Å². The molecule has 2 heteroatoms. The lowest BCUT2D eigenvalue weighted by atomic mass is 10.0. The Morgan fingerprint density at radius 2 is 1.65 bits per heavy atom. The molecule has 2 rings (SSSR count). The van der Waals surface area contributed by atoms with Gasteiger partial charge in [-0.25, -0.2) is 4.39 Å². The van der Waals surface area contributed by atoms with Crippen molar-refractivity contribution in [3.63, 3.8) is 0 Å². The number of rotatable bonds is 3. The Kier molecular flexibility index (Phi) is 3.15. The molecule has 2 aromatic carbocycles. The van der Waals surface area contributed by atoms with E-state index < -0.39 is 5.82 Å². The van der Waals surface area contributed by atoms with Crippen molar-refractivity contribution in [1.82, 2.24) is 0 Å². The zero-order valence-corrected chi connectivity index (χ0v) is 9.19. The number of halogens is 1. The van der Waals surface area contributed by atoms with Crippen LogP contribution in [0.2, 0.25) is 0 Å². The lowest BCUT2D eigenvalue weighted by Crippen LogP contribution is -1.88. The van der Waals surface area contributed by atoms with Gasteiger partial charge >= 0.3 is 0 Å². The summed E-state index contributed by atoms with van der Waals surface area (Å²) in [5.74, 6) is -0.495. The van der Waals surface area contributed by atoms with E-state index in [0.717, 1.165) is 16.7 Å². The first kappa shape index (κ1) is 11.3. The van der Waals surface area contributed by atoms with Crippen molar-refractivity contribution in [3.05, 3.63) is 66.0 Å². The van der Waals surface area contributed by atoms with Crippen LogP contribution in [0.3, 0.4) is 0 Å². The van der Waals surface area contributed by atoms with Gasteiger partial charge in [-0.05, 0) is 28.8 Å². The number of carbonyl (C=O) groups excluding carboxylic acids is 1. The van der Waals surface area contributed by atoms with Gasteiger partial charge in [0.05, 0.1) is 5.56 Å². The molecule has 84 valence electrons. The molecule has 0 atom stereocenters. The van der Waals surface area contributed by atoms with Crippen LogP contribution in [-0.4, -0.2) is 6.29 Å². The summed E-state index contributed by atoms with van der Waals surface area (Å²) in [7, 11) is 0. The highest BCUT2D eigenvalue weighted by Gasteiger charge is 2.03. The monoisotopic (exact) mass is 226 g/mol. The number of hydrogen-bond acceptors (Lipinski definition) is 1. The first-order valence-corrected chi connectivity index (χ1v) is 5.22. The van der Waals surface area contributed by atoms with E-state index in [2.05, 4.69) is 6.58 Å². The van der Waals surface area contributed by atoms with Gasteiger partial charge in [-0.2, -0.15) is 0 Å². The second kappa shape index (κ2) is 4.74. The van der Waals surface area contributed by atoms with E-state index in [1.165, 1.54) is 12.1 Å². The Labute approximate surface area is 99.2 Å². The zero-order valence-electron chi connectivity index (χ0n) is 9.19. The summed E-state index contributed by atoms with van der Waals surface area (Å²) in [6.45, 7) is 3.67. The molecule has 0 aliphatic carbocycles. The molecule has 0 aliphatic rings. The van der Waals surface area contributed by atoms with Crippen LogP contribution >= 0.6 is 0 Å². The summed E-state index contributed by atoms with van der Waals surface area (Å²) in [5.41, 5.74) is 2.76. The molecule has 17 heavy (non-hydrogen) atoms. The highest BCUT2D eigenvalue weighted by atomic mass is 19.1. The topological polar surface area (TPSA) is 17.1 Å². The zero-order chi connectivity index (χ0) is 12.3. The lowest BCUT2D eigenvalue weighted by molar-refractivity contribution is 0.112. The molecule has 0 fully saturated rings. The average molecular weight is 226 g/mol. The van der Waals surface area contributed by atoms with Gasteiger partial charge in [0.1, 0.15) is 5.82 Å². The molecule has 0 bridgehead atoms. The highest BCUT2D eigenvalue weighted by molar-refractivity contribution is 5.77. The minimum Gasteiger partial charge on any atom is -0.298 e. The van der Waals surface area contributed by atoms with Crippen molar-refractivity contribution in [2.75, 3.05) is 0 Å². The first-order valence-electron chi connectivity index (χ1n) is 5.22. The molecule has 0 aromatic heterocycles. The van der Waals surface area contributed by atoms with Gasteiger partial charge in [-0.1, -0.05) is 43.0 Å². The van der Waals surface area contributed by atoms with Gasteiger partial charge < -0.3 is 0 Å². The molecular formula is C15H11FO. The summed E-state index contributed by atoms with van der Waals surface area (Å²) in [5, 5.41) is 0. The fourth-order valence-electron chi connectivity index (χ4n) is 1.61.